The van der Waals surface area contributed by atoms with Crippen LogP contribution < -0.4 is 9.80 Å². The quantitative estimate of drug-likeness (QED) is 0.191. The molecule has 1 aliphatic rings. The third-order valence-electron chi connectivity index (χ3n) is 9.02. The van der Waals surface area contributed by atoms with Gasteiger partial charge in [-0.1, -0.05) is 84.6 Å². The maximum Gasteiger partial charge on any atom is 0.135 e. The Morgan fingerprint density at radius 3 is 2.09 bits per heavy atom. The Kier molecular flexibility index (Phi) is 5.98. The Morgan fingerprint density at radius 1 is 0.447 bits per heavy atom. The molecule has 0 radical (unpaired) electrons. The summed E-state index contributed by atoms with van der Waals surface area (Å²) >= 11 is 3.70. The van der Waals surface area contributed by atoms with Crippen molar-refractivity contribution >= 4 is 99.3 Å². The van der Waals surface area contributed by atoms with Crippen molar-refractivity contribution in [2.45, 2.75) is 9.79 Å². The lowest BCUT2D eigenvalue weighted by Crippen LogP contribution is -2.16. The Hall–Kier alpha value is -5.49. The molecule has 0 saturated heterocycles. The number of furan rings is 1. The molecule has 9 aromatic rings. The summed E-state index contributed by atoms with van der Waals surface area (Å²) in [6.07, 6.45) is 0. The van der Waals surface area contributed by atoms with Gasteiger partial charge in [-0.25, -0.2) is 0 Å². The Balaban J connectivity index is 1.14. The first-order valence-corrected chi connectivity index (χ1v) is 17.3. The Morgan fingerprint density at radius 2 is 1.15 bits per heavy atom. The van der Waals surface area contributed by atoms with E-state index in [2.05, 4.69) is 155 Å². The monoisotopic (exact) mass is 638 g/mol. The van der Waals surface area contributed by atoms with Gasteiger partial charge in [0.25, 0.3) is 0 Å². The van der Waals surface area contributed by atoms with Crippen LogP contribution in [-0.4, -0.2) is 0 Å². The zero-order valence-electron chi connectivity index (χ0n) is 25.1. The molecule has 0 bridgehead atoms. The second kappa shape index (κ2) is 10.5. The number of rotatable bonds is 4. The van der Waals surface area contributed by atoms with Gasteiger partial charge in [0.05, 0.1) is 11.4 Å². The Bertz CT molecular complexity index is 2640. The van der Waals surface area contributed by atoms with Crippen LogP contribution in [0.15, 0.2) is 172 Å². The molecule has 47 heavy (non-hydrogen) atoms. The number of anilines is 6. The molecule has 3 heterocycles. The van der Waals surface area contributed by atoms with E-state index in [0.717, 1.165) is 39.0 Å². The van der Waals surface area contributed by atoms with Crippen LogP contribution in [0, 0.1) is 0 Å². The van der Waals surface area contributed by atoms with Gasteiger partial charge in [-0.15, -0.1) is 11.3 Å². The first kappa shape index (κ1) is 26.7. The standard InChI is InChI=1S/C42H26N2OS2/c1-2-10-27(11-3-1)43(28-20-23-38-34(24-28)31-12-4-7-15-37(31)45-38)29-19-22-36-42(26-29)47-40-17-9-6-14-35(40)44(36)30-18-21-33-32-13-5-8-16-39(32)46-41(33)25-30/h1-26H. The predicted molar refractivity (Wildman–Crippen MR) is 200 cm³/mol. The highest BCUT2D eigenvalue weighted by atomic mass is 32.2. The lowest BCUT2D eigenvalue weighted by atomic mass is 10.1. The van der Waals surface area contributed by atoms with Gasteiger partial charge in [0.2, 0.25) is 0 Å². The number of hydrogen-bond acceptors (Lipinski definition) is 5. The smallest absolute Gasteiger partial charge is 0.135 e. The number of benzene rings is 7. The third kappa shape index (κ3) is 4.28. The minimum absolute atomic E-state index is 0.895. The van der Waals surface area contributed by atoms with Crippen LogP contribution in [0.2, 0.25) is 0 Å². The van der Waals surface area contributed by atoms with E-state index in [-0.39, 0.29) is 0 Å². The van der Waals surface area contributed by atoms with Crippen molar-refractivity contribution in [1.82, 2.24) is 0 Å². The summed E-state index contributed by atoms with van der Waals surface area (Å²) in [5.41, 5.74) is 8.65. The summed E-state index contributed by atoms with van der Waals surface area (Å²) in [5, 5.41) is 4.87. The second-order valence-electron chi connectivity index (χ2n) is 11.8. The van der Waals surface area contributed by atoms with Crippen molar-refractivity contribution in [1.29, 1.82) is 0 Å². The van der Waals surface area contributed by atoms with Crippen LogP contribution in [-0.2, 0) is 0 Å². The van der Waals surface area contributed by atoms with Crippen LogP contribution in [0.25, 0.3) is 42.1 Å². The molecule has 0 saturated carbocycles. The van der Waals surface area contributed by atoms with E-state index in [0.29, 0.717) is 0 Å². The van der Waals surface area contributed by atoms with Gasteiger partial charge in [-0.2, -0.15) is 0 Å². The van der Waals surface area contributed by atoms with Gasteiger partial charge < -0.3 is 14.2 Å². The highest BCUT2D eigenvalue weighted by Gasteiger charge is 2.27. The second-order valence-corrected chi connectivity index (χ2v) is 14.0. The van der Waals surface area contributed by atoms with E-state index in [1.165, 1.54) is 47.0 Å². The molecule has 0 aliphatic carbocycles. The lowest BCUT2D eigenvalue weighted by Gasteiger charge is -2.34. The van der Waals surface area contributed by atoms with Crippen molar-refractivity contribution in [3.05, 3.63) is 158 Å². The maximum atomic E-state index is 6.18. The van der Waals surface area contributed by atoms with Gasteiger partial charge >= 0.3 is 0 Å². The van der Waals surface area contributed by atoms with E-state index >= 15 is 0 Å². The maximum absolute atomic E-state index is 6.18. The zero-order valence-corrected chi connectivity index (χ0v) is 26.8. The molecule has 0 amide bonds. The minimum Gasteiger partial charge on any atom is -0.456 e. The summed E-state index contributed by atoms with van der Waals surface area (Å²) in [6, 6.07) is 56.6. The largest absolute Gasteiger partial charge is 0.456 e. The van der Waals surface area contributed by atoms with Gasteiger partial charge in [-0.3, -0.25) is 0 Å². The van der Waals surface area contributed by atoms with Gasteiger partial charge in [0, 0.05) is 63.5 Å². The molecule has 0 atom stereocenters. The molecule has 0 fully saturated rings. The normalized spacial score (nSPS) is 12.6. The molecular formula is C42H26N2OS2. The molecule has 10 rings (SSSR count). The molecule has 7 aromatic carbocycles. The fourth-order valence-corrected chi connectivity index (χ4v) is 9.12. The van der Waals surface area contributed by atoms with Crippen LogP contribution in [0.4, 0.5) is 34.1 Å². The minimum atomic E-state index is 0.895. The molecule has 3 nitrogen and oxygen atoms in total. The zero-order chi connectivity index (χ0) is 30.9. The summed E-state index contributed by atoms with van der Waals surface area (Å²) in [7, 11) is 0. The van der Waals surface area contributed by atoms with Crippen molar-refractivity contribution in [2.24, 2.45) is 0 Å². The SMILES string of the molecule is c1ccc(N(c2ccc3c(c2)Sc2ccccc2N3c2ccc3c(c2)sc2ccccc23)c2ccc3oc4ccccc4c3c2)cc1. The molecule has 5 heteroatoms. The molecule has 0 spiro atoms. The predicted octanol–water partition coefficient (Wildman–Crippen LogP) is 13.4. The van der Waals surface area contributed by atoms with E-state index in [9.17, 15) is 0 Å². The summed E-state index contributed by atoms with van der Waals surface area (Å²) in [6.45, 7) is 0. The average Bonchev–Trinajstić information content (AvgIpc) is 3.69. The van der Waals surface area contributed by atoms with E-state index < -0.39 is 0 Å². The van der Waals surface area contributed by atoms with Crippen molar-refractivity contribution < 1.29 is 4.42 Å². The summed E-state index contributed by atoms with van der Waals surface area (Å²) in [5.74, 6) is 0. The molecule has 0 N–H and O–H groups in total. The van der Waals surface area contributed by atoms with Crippen LogP contribution >= 0.6 is 23.1 Å². The van der Waals surface area contributed by atoms with Crippen molar-refractivity contribution in [3.8, 4) is 0 Å². The van der Waals surface area contributed by atoms with Crippen molar-refractivity contribution in [3.63, 3.8) is 0 Å². The highest BCUT2D eigenvalue weighted by Crippen LogP contribution is 2.53. The van der Waals surface area contributed by atoms with Gasteiger partial charge in [-0.05, 0) is 84.9 Å². The Labute approximate surface area is 279 Å². The fourth-order valence-electron chi connectivity index (χ4n) is 6.89. The summed E-state index contributed by atoms with van der Waals surface area (Å²) < 4.78 is 8.80. The average molecular weight is 639 g/mol. The summed E-state index contributed by atoms with van der Waals surface area (Å²) in [4.78, 5) is 7.22. The van der Waals surface area contributed by atoms with Crippen LogP contribution in [0.5, 0.6) is 0 Å². The topological polar surface area (TPSA) is 19.6 Å². The van der Waals surface area contributed by atoms with Crippen molar-refractivity contribution in [2.75, 3.05) is 9.80 Å². The van der Waals surface area contributed by atoms with E-state index in [1.54, 1.807) is 0 Å². The number of para-hydroxylation sites is 3. The number of fused-ring (bicyclic) bond motifs is 8. The van der Waals surface area contributed by atoms with E-state index in [4.69, 9.17) is 4.42 Å². The van der Waals surface area contributed by atoms with E-state index in [1.807, 2.05) is 35.2 Å². The van der Waals surface area contributed by atoms with Gasteiger partial charge in [0.1, 0.15) is 11.2 Å². The molecule has 0 unspecified atom stereocenters. The van der Waals surface area contributed by atoms with Crippen LogP contribution in [0.1, 0.15) is 0 Å². The molecule has 1 aliphatic heterocycles. The highest BCUT2D eigenvalue weighted by molar-refractivity contribution is 7.99. The van der Waals surface area contributed by atoms with Gasteiger partial charge in [0.15, 0.2) is 0 Å². The number of thiophene rings is 1. The van der Waals surface area contributed by atoms with Crippen LogP contribution in [0.3, 0.4) is 0 Å². The molecule has 222 valence electrons. The number of hydrogen-bond donors (Lipinski definition) is 0. The first-order valence-electron chi connectivity index (χ1n) is 15.7. The lowest BCUT2D eigenvalue weighted by molar-refractivity contribution is 0.669. The molecular weight excluding hydrogens is 613 g/mol. The number of nitrogens with zero attached hydrogens (tertiary/aromatic N) is 2. The molecule has 2 aromatic heterocycles. The third-order valence-corrected chi connectivity index (χ3v) is 11.3. The fraction of sp³-hybridized carbons (Fsp3) is 0. The first-order chi connectivity index (χ1) is 23.3.